The van der Waals surface area contributed by atoms with E-state index in [-0.39, 0.29) is 13.0 Å². The average Bonchev–Trinajstić information content (AvgIpc) is 2.82. The topological polar surface area (TPSA) is 125 Å². The van der Waals surface area contributed by atoms with Crippen LogP contribution in [0.5, 0.6) is 0 Å². The van der Waals surface area contributed by atoms with Gasteiger partial charge in [-0.25, -0.2) is 4.79 Å². The van der Waals surface area contributed by atoms with Crippen molar-refractivity contribution in [3.8, 4) is 0 Å². The molecule has 0 radical (unpaired) electrons. The van der Waals surface area contributed by atoms with Gasteiger partial charge >= 0.3 is 5.97 Å². The fourth-order valence-corrected chi connectivity index (χ4v) is 4.79. The number of quaternary nitrogens is 1. The van der Waals surface area contributed by atoms with Gasteiger partial charge in [-0.1, -0.05) is 110 Å². The molecule has 0 aliphatic heterocycles. The van der Waals surface area contributed by atoms with Crippen molar-refractivity contribution >= 4 is 19.7 Å². The van der Waals surface area contributed by atoms with E-state index >= 15 is 0 Å². The molecule has 9 nitrogen and oxygen atoms in total. The Morgan fingerprint density at radius 2 is 1.21 bits per heavy atom. The van der Waals surface area contributed by atoms with Crippen LogP contribution in [0.4, 0.5) is 0 Å². The zero-order valence-electron chi connectivity index (χ0n) is 24.7. The summed E-state index contributed by atoms with van der Waals surface area (Å²) in [6.07, 6.45) is 21.5. The van der Waals surface area contributed by atoms with Gasteiger partial charge in [0.25, 0.3) is 7.82 Å². The minimum absolute atomic E-state index is 0.0757. The first-order chi connectivity index (χ1) is 18.0. The van der Waals surface area contributed by atoms with Gasteiger partial charge in [-0.3, -0.25) is 9.36 Å². The molecule has 1 unspecified atom stereocenters. The Morgan fingerprint density at radius 1 is 0.789 bits per heavy atom. The Labute approximate surface area is 232 Å². The molecule has 1 amide bonds. The summed E-state index contributed by atoms with van der Waals surface area (Å²) in [7, 11) is 1.01. The van der Waals surface area contributed by atoms with Crippen LogP contribution in [0.1, 0.15) is 122 Å². The summed E-state index contributed by atoms with van der Waals surface area (Å²) in [4.78, 5) is 35.4. The minimum Gasteiger partial charge on any atom is -0.756 e. The lowest BCUT2D eigenvalue weighted by molar-refractivity contribution is -0.870. The molecule has 38 heavy (non-hydrogen) atoms. The lowest BCUT2D eigenvalue weighted by atomic mass is 10.0. The number of nitrogens with zero attached hydrogens (tertiary/aromatic N) is 1. The molecule has 0 saturated carbocycles. The molecule has 0 spiro atoms. The van der Waals surface area contributed by atoms with E-state index in [1.54, 1.807) is 0 Å². The highest BCUT2D eigenvalue weighted by molar-refractivity contribution is 7.45. The van der Waals surface area contributed by atoms with Crippen molar-refractivity contribution in [1.29, 1.82) is 0 Å². The second-order valence-corrected chi connectivity index (χ2v) is 12.9. The first-order valence-electron chi connectivity index (χ1n) is 14.9. The number of amides is 1. The number of hydrogen-bond acceptors (Lipinski definition) is 6. The van der Waals surface area contributed by atoms with Crippen molar-refractivity contribution in [3.05, 3.63) is 0 Å². The number of hydrogen-bond donors (Lipinski definition) is 2. The number of carbonyl (C=O) groups is 2. The highest BCUT2D eigenvalue weighted by atomic mass is 31.2. The molecule has 10 heteroatoms. The second-order valence-electron chi connectivity index (χ2n) is 11.5. The predicted molar refractivity (Wildman–Crippen MR) is 151 cm³/mol. The molecule has 2 atom stereocenters. The van der Waals surface area contributed by atoms with Gasteiger partial charge in [-0.15, -0.1) is 0 Å². The van der Waals surface area contributed by atoms with Crippen LogP contribution in [0.3, 0.4) is 0 Å². The van der Waals surface area contributed by atoms with Crippen LogP contribution in [0.2, 0.25) is 0 Å². The summed E-state index contributed by atoms with van der Waals surface area (Å²) >= 11 is 0. The van der Waals surface area contributed by atoms with E-state index in [1.807, 2.05) is 21.1 Å². The van der Waals surface area contributed by atoms with E-state index in [2.05, 4.69) is 16.8 Å². The van der Waals surface area contributed by atoms with Gasteiger partial charge in [0.15, 0.2) is 6.04 Å². The molecule has 0 aliphatic rings. The number of carboxylic acid groups (broad SMARTS) is 1. The van der Waals surface area contributed by atoms with Gasteiger partial charge in [0.05, 0.1) is 27.7 Å². The normalized spacial score (nSPS) is 14.2. The van der Waals surface area contributed by atoms with Crippen molar-refractivity contribution in [3.63, 3.8) is 0 Å². The quantitative estimate of drug-likeness (QED) is 0.0733. The number of phosphoric ester groups is 1. The Hall–Kier alpha value is -0.990. The highest BCUT2D eigenvalue weighted by Gasteiger charge is 2.23. The first-order valence-corrected chi connectivity index (χ1v) is 16.4. The van der Waals surface area contributed by atoms with Crippen LogP contribution in [0.25, 0.3) is 0 Å². The number of phosphoric acid groups is 1. The molecule has 0 aromatic carbocycles. The van der Waals surface area contributed by atoms with Crippen molar-refractivity contribution < 1.29 is 37.7 Å². The van der Waals surface area contributed by atoms with Crippen molar-refractivity contribution in [2.24, 2.45) is 0 Å². The van der Waals surface area contributed by atoms with E-state index < -0.39 is 32.3 Å². The molecule has 226 valence electrons. The Balaban J connectivity index is 3.75. The number of unbranched alkanes of at least 4 members (excludes halogenated alkanes) is 16. The van der Waals surface area contributed by atoms with Crippen LogP contribution in [-0.2, 0) is 23.2 Å². The maximum atomic E-state index is 12.1. The molecule has 0 bridgehead atoms. The number of likely N-dealkylation sites (N-methyl/N-ethyl adjacent to an activating group) is 1. The summed E-state index contributed by atoms with van der Waals surface area (Å²) in [5, 5.41) is 11.6. The zero-order valence-corrected chi connectivity index (χ0v) is 25.6. The van der Waals surface area contributed by atoms with Crippen LogP contribution >= 0.6 is 7.82 Å². The monoisotopic (exact) mass is 564 g/mol. The number of carbonyl (C=O) groups excluding carboxylic acids is 1. The highest BCUT2D eigenvalue weighted by Crippen LogP contribution is 2.38. The molecule has 0 heterocycles. The zero-order chi connectivity index (χ0) is 28.7. The summed E-state index contributed by atoms with van der Waals surface area (Å²) < 4.78 is 21.8. The average molecular weight is 565 g/mol. The Bertz CT molecular complexity index is 656. The largest absolute Gasteiger partial charge is 0.756 e. The van der Waals surface area contributed by atoms with E-state index in [1.165, 1.54) is 83.5 Å². The van der Waals surface area contributed by atoms with Crippen LogP contribution in [-0.4, -0.2) is 68.4 Å². The van der Waals surface area contributed by atoms with E-state index in [0.29, 0.717) is 17.4 Å². The predicted octanol–water partition coefficient (Wildman–Crippen LogP) is 5.81. The van der Waals surface area contributed by atoms with Crippen LogP contribution in [0, 0.1) is 0 Å². The third-order valence-electron chi connectivity index (χ3n) is 6.55. The van der Waals surface area contributed by atoms with Gasteiger partial charge in [0.1, 0.15) is 13.2 Å². The summed E-state index contributed by atoms with van der Waals surface area (Å²) in [5.74, 6) is -1.78. The Morgan fingerprint density at radius 3 is 1.61 bits per heavy atom. The van der Waals surface area contributed by atoms with E-state index in [0.717, 1.165) is 19.3 Å². The third-order valence-corrected chi connectivity index (χ3v) is 7.52. The molecule has 0 rings (SSSR count). The molecule has 0 aliphatic carbocycles. The van der Waals surface area contributed by atoms with Gasteiger partial charge in [0.2, 0.25) is 5.91 Å². The fourth-order valence-electron chi connectivity index (χ4n) is 4.08. The number of rotatable bonds is 27. The SMILES string of the molecule is CCCCCCCCCCCCCCCCCCCC(=O)N[C@@H](COP(=O)([O-])OCC[N+](C)(C)C)C(=O)O. The molecule has 0 saturated heterocycles. The van der Waals surface area contributed by atoms with Crippen LogP contribution in [0.15, 0.2) is 0 Å². The fraction of sp³-hybridized carbons (Fsp3) is 0.929. The lowest BCUT2D eigenvalue weighted by Gasteiger charge is -2.28. The summed E-state index contributed by atoms with van der Waals surface area (Å²) in [6, 6.07) is -1.45. The molecule has 0 fully saturated rings. The van der Waals surface area contributed by atoms with E-state index in [9.17, 15) is 24.2 Å². The van der Waals surface area contributed by atoms with Gasteiger partial charge in [0, 0.05) is 6.42 Å². The van der Waals surface area contributed by atoms with Gasteiger partial charge in [-0.2, -0.15) is 0 Å². The summed E-state index contributed by atoms with van der Waals surface area (Å²) in [5.41, 5.74) is 0. The number of carboxylic acids is 1. The standard InChI is InChI=1S/C28H57N2O7P/c1-5-6-7-8-9-10-11-12-13-14-15-16-17-18-19-20-21-22-27(31)29-26(28(32)33)25-37-38(34,35)36-24-23-30(2,3)4/h26H,5-25H2,1-4H3,(H2-,29,31,32,33,34,35)/t26-/m0/s1. The maximum absolute atomic E-state index is 12.1. The minimum atomic E-state index is -4.65. The molecule has 2 N–H and O–H groups in total. The lowest BCUT2D eigenvalue weighted by Crippen LogP contribution is -2.44. The van der Waals surface area contributed by atoms with Crippen molar-refractivity contribution in [1.82, 2.24) is 5.32 Å². The summed E-state index contributed by atoms with van der Waals surface area (Å²) in [6.45, 7) is 1.92. The molecule has 0 aromatic heterocycles. The first kappa shape index (κ1) is 37.0. The van der Waals surface area contributed by atoms with Gasteiger partial charge < -0.3 is 28.8 Å². The van der Waals surface area contributed by atoms with E-state index in [4.69, 9.17) is 4.52 Å². The molecular weight excluding hydrogens is 507 g/mol. The number of aliphatic carboxylic acids is 1. The smallest absolute Gasteiger partial charge is 0.328 e. The third kappa shape index (κ3) is 25.3. The van der Waals surface area contributed by atoms with Crippen LogP contribution < -0.4 is 10.2 Å². The van der Waals surface area contributed by atoms with Gasteiger partial charge in [-0.05, 0) is 6.42 Å². The van der Waals surface area contributed by atoms with Crippen molar-refractivity contribution in [2.75, 3.05) is 40.9 Å². The molecular formula is C28H57N2O7P. The van der Waals surface area contributed by atoms with Crippen molar-refractivity contribution in [2.45, 2.75) is 129 Å². The second kappa shape index (κ2) is 22.8. The maximum Gasteiger partial charge on any atom is 0.328 e. The number of nitrogens with one attached hydrogen (secondary N) is 1. The Kier molecular flexibility index (Phi) is 22.2. The molecule has 0 aromatic rings.